The van der Waals surface area contributed by atoms with Crippen LogP contribution < -0.4 is 10.6 Å². The van der Waals surface area contributed by atoms with Crippen molar-refractivity contribution in [1.29, 1.82) is 0 Å². The second-order valence-electron chi connectivity index (χ2n) is 14.7. The summed E-state index contributed by atoms with van der Waals surface area (Å²) >= 11 is 0. The molecule has 0 aliphatic carbocycles. The molecule has 15 nitrogen and oxygen atoms in total. The van der Waals surface area contributed by atoms with Crippen molar-refractivity contribution < 1.29 is 33.4 Å². The molecular formula is C41H48N8O7. The van der Waals surface area contributed by atoms with Crippen LogP contribution in [0.2, 0.25) is 0 Å². The van der Waals surface area contributed by atoms with Crippen LogP contribution >= 0.6 is 0 Å². The molecular weight excluding hydrogens is 716 g/mol. The highest BCUT2D eigenvalue weighted by Crippen LogP contribution is 2.36. The second kappa shape index (κ2) is 16.4. The van der Waals surface area contributed by atoms with E-state index in [0.717, 1.165) is 75.7 Å². The predicted molar refractivity (Wildman–Crippen MR) is 209 cm³/mol. The Labute approximate surface area is 324 Å². The number of amides is 4. The number of ether oxygens (including phenoxy) is 3. The molecule has 0 bridgehead atoms. The van der Waals surface area contributed by atoms with Gasteiger partial charge in [0.2, 0.25) is 11.8 Å². The molecule has 4 atom stereocenters. The number of hydrogen-bond acceptors (Lipinski definition) is 9. The average molecular weight is 765 g/mol. The lowest BCUT2D eigenvalue weighted by atomic mass is 9.99. The first-order valence-corrected chi connectivity index (χ1v) is 19.0. The third kappa shape index (κ3) is 7.76. The van der Waals surface area contributed by atoms with Gasteiger partial charge in [-0.05, 0) is 77.8 Å². The Morgan fingerprint density at radius 2 is 1.38 bits per heavy atom. The van der Waals surface area contributed by atoms with Crippen LogP contribution in [0, 0.1) is 5.92 Å². The fourth-order valence-electron chi connectivity index (χ4n) is 7.86. The average Bonchev–Trinajstić information content (AvgIpc) is 4.04. The van der Waals surface area contributed by atoms with E-state index in [1.807, 2.05) is 24.8 Å². The van der Waals surface area contributed by atoms with Gasteiger partial charge in [0.25, 0.3) is 0 Å². The van der Waals surface area contributed by atoms with E-state index in [1.165, 1.54) is 21.3 Å². The molecule has 2 aliphatic rings. The molecule has 0 radical (unpaired) electrons. The third-order valence-electron chi connectivity index (χ3n) is 10.8. The molecule has 294 valence electrons. The van der Waals surface area contributed by atoms with E-state index in [4.69, 9.17) is 19.2 Å². The maximum atomic E-state index is 13.6. The SMILES string of the molecule is COC[C@H](NC(=O)OC)C(=O)N1CCC[C@H]1c1ncc(-c2ccc3cc(-c4ccc5nc([C@@H]6CCCN6C(=O)[C@@H](NC(=O)OC)C(C)C)[nH]c5c4)ccc3c2)[nH]1. The molecule has 0 saturated carbocycles. The van der Waals surface area contributed by atoms with Crippen LogP contribution in [0.3, 0.4) is 0 Å². The van der Waals surface area contributed by atoms with Crippen LogP contribution in [0.4, 0.5) is 9.59 Å². The Hall–Kier alpha value is -5.96. The number of benzene rings is 3. The highest BCUT2D eigenvalue weighted by molar-refractivity contribution is 5.92. The second-order valence-corrected chi connectivity index (χ2v) is 14.7. The number of hydrogen-bond donors (Lipinski definition) is 4. The predicted octanol–water partition coefficient (Wildman–Crippen LogP) is 5.85. The minimum atomic E-state index is -0.867. The number of rotatable bonds is 11. The van der Waals surface area contributed by atoms with Crippen LogP contribution in [-0.2, 0) is 23.8 Å². The van der Waals surface area contributed by atoms with E-state index in [0.29, 0.717) is 18.9 Å². The Kier molecular flexibility index (Phi) is 11.2. The van der Waals surface area contributed by atoms with Gasteiger partial charge in [-0.2, -0.15) is 0 Å². The minimum Gasteiger partial charge on any atom is -0.453 e. The fourth-order valence-corrected chi connectivity index (χ4v) is 7.86. The first-order valence-electron chi connectivity index (χ1n) is 19.0. The fraction of sp³-hybridized carbons (Fsp3) is 0.415. The molecule has 4 N–H and O–H groups in total. The highest BCUT2D eigenvalue weighted by Gasteiger charge is 2.38. The zero-order valence-corrected chi connectivity index (χ0v) is 32.3. The van der Waals surface area contributed by atoms with Gasteiger partial charge in [0.05, 0.1) is 55.8 Å². The number of carbonyl (C=O) groups excluding carboxylic acids is 4. The van der Waals surface area contributed by atoms with Crippen LogP contribution in [0.15, 0.2) is 60.8 Å². The lowest BCUT2D eigenvalue weighted by molar-refractivity contribution is -0.136. The number of fused-ring (bicyclic) bond motifs is 2. The number of aromatic amines is 2. The topological polar surface area (TPSA) is 184 Å². The summed E-state index contributed by atoms with van der Waals surface area (Å²) in [6.07, 6.45) is 3.65. The third-order valence-corrected chi connectivity index (χ3v) is 10.8. The number of H-pyrrole nitrogens is 2. The molecule has 2 aliphatic heterocycles. The first kappa shape index (κ1) is 38.3. The van der Waals surface area contributed by atoms with E-state index in [9.17, 15) is 19.2 Å². The van der Waals surface area contributed by atoms with Crippen molar-refractivity contribution >= 4 is 45.8 Å². The summed E-state index contributed by atoms with van der Waals surface area (Å²) in [5, 5.41) is 7.42. The van der Waals surface area contributed by atoms with Gasteiger partial charge in [0.1, 0.15) is 23.7 Å². The summed E-state index contributed by atoms with van der Waals surface area (Å²) < 4.78 is 14.7. The molecule has 2 fully saturated rings. The van der Waals surface area contributed by atoms with Gasteiger partial charge >= 0.3 is 12.2 Å². The van der Waals surface area contributed by atoms with Crippen LogP contribution in [0.25, 0.3) is 44.2 Å². The summed E-state index contributed by atoms with van der Waals surface area (Å²) in [6, 6.07) is 16.7. The molecule has 0 unspecified atom stereocenters. The molecule has 15 heteroatoms. The Bertz CT molecular complexity index is 2250. The maximum Gasteiger partial charge on any atom is 0.407 e. The molecule has 56 heavy (non-hydrogen) atoms. The lowest BCUT2D eigenvalue weighted by Crippen LogP contribution is -2.51. The van der Waals surface area contributed by atoms with Crippen molar-refractivity contribution in [1.82, 2.24) is 40.4 Å². The number of imidazole rings is 2. The first-order chi connectivity index (χ1) is 27.1. The number of nitrogens with zero attached hydrogens (tertiary/aromatic N) is 4. The number of aromatic nitrogens is 4. The zero-order chi connectivity index (χ0) is 39.5. The molecule has 7 rings (SSSR count). The standard InChI is InChI=1S/C41H48N8O7/c1-23(2)35(47-41(53)56-5)39(51)49-17-7-9-34(49)37-43-29-15-14-27(20-30(29)44-37)25-10-11-26-19-28(13-12-24(26)18-25)31-21-42-36(45-31)33-8-6-16-48(33)38(50)32(22-54-3)46-40(52)55-4/h10-15,18-21,23,32-35H,6-9,16-17,22H2,1-5H3,(H,42,45)(H,43,44)(H,46,52)(H,47,53)/t32-,33-,34-,35-/m0/s1. The van der Waals surface area contributed by atoms with Gasteiger partial charge in [0, 0.05) is 25.8 Å². The normalized spacial score (nSPS) is 18.0. The summed E-state index contributed by atoms with van der Waals surface area (Å²) in [5.41, 5.74) is 5.59. The molecule has 2 aromatic heterocycles. The minimum absolute atomic E-state index is 0.0274. The van der Waals surface area contributed by atoms with Crippen molar-refractivity contribution in [2.45, 2.75) is 63.7 Å². The summed E-state index contributed by atoms with van der Waals surface area (Å²) in [6.45, 7) is 4.97. The molecule has 3 aromatic carbocycles. The van der Waals surface area contributed by atoms with Crippen LogP contribution in [-0.4, -0.2) is 107 Å². The van der Waals surface area contributed by atoms with Gasteiger partial charge in [-0.25, -0.2) is 19.6 Å². The molecule has 4 amide bonds. The van der Waals surface area contributed by atoms with E-state index >= 15 is 0 Å². The largest absolute Gasteiger partial charge is 0.453 e. The molecule has 5 aromatic rings. The smallest absolute Gasteiger partial charge is 0.407 e. The van der Waals surface area contributed by atoms with E-state index in [1.54, 1.807) is 11.1 Å². The number of nitrogens with one attached hydrogen (secondary N) is 4. The number of carbonyl (C=O) groups is 4. The van der Waals surface area contributed by atoms with Gasteiger partial charge in [-0.1, -0.05) is 44.2 Å². The van der Waals surface area contributed by atoms with Crippen LogP contribution in [0.5, 0.6) is 0 Å². The number of methoxy groups -OCH3 is 3. The number of likely N-dealkylation sites (tertiary alicyclic amines) is 2. The van der Waals surface area contributed by atoms with Gasteiger partial charge in [0.15, 0.2) is 0 Å². The van der Waals surface area contributed by atoms with Crippen molar-refractivity contribution in [2.75, 3.05) is 41.0 Å². The molecule has 2 saturated heterocycles. The Balaban J connectivity index is 1.07. The van der Waals surface area contributed by atoms with Gasteiger partial charge < -0.3 is 44.6 Å². The van der Waals surface area contributed by atoms with E-state index in [2.05, 4.69) is 74.1 Å². The van der Waals surface area contributed by atoms with Crippen molar-refractivity contribution in [3.8, 4) is 22.4 Å². The van der Waals surface area contributed by atoms with Crippen molar-refractivity contribution in [2.24, 2.45) is 5.92 Å². The van der Waals surface area contributed by atoms with Gasteiger partial charge in [-0.15, -0.1) is 0 Å². The highest BCUT2D eigenvalue weighted by atomic mass is 16.5. The molecule has 0 spiro atoms. The molecule has 4 heterocycles. The number of alkyl carbamates (subject to hydrolysis) is 2. The lowest BCUT2D eigenvalue weighted by Gasteiger charge is -2.29. The summed E-state index contributed by atoms with van der Waals surface area (Å²) in [5.74, 6) is 0.922. The monoisotopic (exact) mass is 764 g/mol. The van der Waals surface area contributed by atoms with E-state index in [-0.39, 0.29) is 36.4 Å². The summed E-state index contributed by atoms with van der Waals surface area (Å²) in [4.78, 5) is 71.0. The maximum absolute atomic E-state index is 13.6. The quantitative estimate of drug-likeness (QED) is 0.128. The zero-order valence-electron chi connectivity index (χ0n) is 32.3. The van der Waals surface area contributed by atoms with Crippen molar-refractivity contribution in [3.05, 3.63) is 72.4 Å². The van der Waals surface area contributed by atoms with Crippen molar-refractivity contribution in [3.63, 3.8) is 0 Å². The Morgan fingerprint density at radius 1 is 0.768 bits per heavy atom. The van der Waals surface area contributed by atoms with Gasteiger partial charge in [-0.3, -0.25) is 9.59 Å². The van der Waals surface area contributed by atoms with E-state index < -0.39 is 24.3 Å². The summed E-state index contributed by atoms with van der Waals surface area (Å²) in [7, 11) is 4.03. The Morgan fingerprint density at radius 3 is 2.05 bits per heavy atom. The van der Waals surface area contributed by atoms with Crippen LogP contribution in [0.1, 0.15) is 63.3 Å².